The highest BCUT2D eigenvalue weighted by atomic mass is 19.2. The van der Waals surface area contributed by atoms with Gasteiger partial charge in [-0.15, -0.1) is 0 Å². The van der Waals surface area contributed by atoms with Crippen molar-refractivity contribution in [2.45, 2.75) is 12.8 Å². The summed E-state index contributed by atoms with van der Waals surface area (Å²) in [5.41, 5.74) is -0.178. The number of Topliss-reactive ketones (excluding diaryl/α,β-unsaturated/α-hetero) is 1. The molecule has 0 unspecified atom stereocenters. The van der Waals surface area contributed by atoms with Gasteiger partial charge in [0.1, 0.15) is 0 Å². The molecule has 1 saturated carbocycles. The molecule has 1 aliphatic carbocycles. The largest absolute Gasteiger partial charge is 0.309 e. The molecule has 1 aromatic rings. The van der Waals surface area contributed by atoms with Gasteiger partial charge >= 0.3 is 0 Å². The van der Waals surface area contributed by atoms with Gasteiger partial charge in [-0.05, 0) is 37.4 Å². The van der Waals surface area contributed by atoms with Crippen LogP contribution < -0.4 is 5.32 Å². The lowest BCUT2D eigenvalue weighted by Crippen LogP contribution is -2.25. The van der Waals surface area contributed by atoms with Gasteiger partial charge in [-0.25, -0.2) is 8.78 Å². The van der Waals surface area contributed by atoms with E-state index in [-0.39, 0.29) is 12.1 Å². The first-order valence-corrected chi connectivity index (χ1v) is 5.36. The van der Waals surface area contributed by atoms with Crippen molar-refractivity contribution in [1.29, 1.82) is 0 Å². The van der Waals surface area contributed by atoms with Crippen LogP contribution in [0.4, 0.5) is 8.78 Å². The quantitative estimate of drug-likeness (QED) is 0.778. The summed E-state index contributed by atoms with van der Waals surface area (Å²) < 4.78 is 26.1. The number of nitrogens with one attached hydrogen (secondary N) is 1. The average molecular weight is 225 g/mol. The SMILES string of the molecule is O=C(CNCC1CC1)c1cccc(F)c1F. The molecule has 0 aromatic heterocycles. The molecule has 0 heterocycles. The molecule has 0 bridgehead atoms. The normalized spacial score (nSPS) is 15.1. The lowest BCUT2D eigenvalue weighted by Gasteiger charge is -2.04. The molecular weight excluding hydrogens is 212 g/mol. The van der Waals surface area contributed by atoms with Crippen molar-refractivity contribution in [2.75, 3.05) is 13.1 Å². The fourth-order valence-electron chi connectivity index (χ4n) is 1.53. The summed E-state index contributed by atoms with van der Waals surface area (Å²) in [4.78, 5) is 11.6. The van der Waals surface area contributed by atoms with Crippen molar-refractivity contribution in [1.82, 2.24) is 5.32 Å². The summed E-state index contributed by atoms with van der Waals surface area (Å²) in [6, 6.07) is 3.65. The second kappa shape index (κ2) is 4.70. The Kier molecular flexibility index (Phi) is 3.29. The van der Waals surface area contributed by atoms with Crippen LogP contribution in [-0.4, -0.2) is 18.9 Å². The smallest absolute Gasteiger partial charge is 0.179 e. The molecule has 0 spiro atoms. The van der Waals surface area contributed by atoms with E-state index in [1.807, 2.05) is 0 Å². The number of halogens is 2. The number of benzene rings is 1. The minimum absolute atomic E-state index is 0.0663. The maximum atomic E-state index is 13.2. The van der Waals surface area contributed by atoms with Gasteiger partial charge < -0.3 is 5.32 Å². The third-order valence-corrected chi connectivity index (χ3v) is 2.67. The van der Waals surface area contributed by atoms with Crippen LogP contribution in [0.5, 0.6) is 0 Å². The number of hydrogen-bond donors (Lipinski definition) is 1. The first-order chi connectivity index (χ1) is 7.68. The number of ketones is 1. The highest BCUT2D eigenvalue weighted by Crippen LogP contribution is 2.27. The number of rotatable bonds is 5. The predicted molar refractivity (Wildman–Crippen MR) is 56.3 cm³/mol. The Balaban J connectivity index is 1.93. The van der Waals surface area contributed by atoms with E-state index in [1.165, 1.54) is 25.0 Å². The van der Waals surface area contributed by atoms with E-state index in [1.54, 1.807) is 0 Å². The summed E-state index contributed by atoms with van der Waals surface area (Å²) in [5.74, 6) is -1.78. The van der Waals surface area contributed by atoms with Gasteiger partial charge in [-0.3, -0.25) is 4.79 Å². The third kappa shape index (κ3) is 2.64. The van der Waals surface area contributed by atoms with Crippen molar-refractivity contribution in [3.63, 3.8) is 0 Å². The lowest BCUT2D eigenvalue weighted by molar-refractivity contribution is 0.0986. The molecule has 1 aliphatic rings. The molecule has 0 amide bonds. The Labute approximate surface area is 92.7 Å². The van der Waals surface area contributed by atoms with E-state index in [2.05, 4.69) is 5.32 Å². The average Bonchev–Trinajstić information content (AvgIpc) is 3.06. The van der Waals surface area contributed by atoms with Gasteiger partial charge in [0.05, 0.1) is 12.1 Å². The second-order valence-corrected chi connectivity index (χ2v) is 4.10. The zero-order valence-electron chi connectivity index (χ0n) is 8.80. The van der Waals surface area contributed by atoms with Crippen molar-refractivity contribution in [3.8, 4) is 0 Å². The Bertz CT molecular complexity index is 402. The first-order valence-electron chi connectivity index (χ1n) is 5.36. The number of carbonyl (C=O) groups is 1. The van der Waals surface area contributed by atoms with Crippen LogP contribution in [0, 0.1) is 17.6 Å². The van der Waals surface area contributed by atoms with Crippen molar-refractivity contribution >= 4 is 5.78 Å². The Hall–Kier alpha value is -1.29. The molecule has 1 fully saturated rings. The van der Waals surface area contributed by atoms with E-state index in [9.17, 15) is 13.6 Å². The summed E-state index contributed by atoms with van der Waals surface area (Å²) in [7, 11) is 0. The van der Waals surface area contributed by atoms with Gasteiger partial charge in [0.15, 0.2) is 17.4 Å². The molecular formula is C12H13F2NO. The fraction of sp³-hybridized carbons (Fsp3) is 0.417. The zero-order chi connectivity index (χ0) is 11.5. The van der Waals surface area contributed by atoms with E-state index in [4.69, 9.17) is 0 Å². The van der Waals surface area contributed by atoms with Crippen LogP contribution in [0.3, 0.4) is 0 Å². The van der Waals surface area contributed by atoms with Crippen LogP contribution >= 0.6 is 0 Å². The van der Waals surface area contributed by atoms with Gasteiger partial charge in [-0.1, -0.05) is 6.07 Å². The van der Waals surface area contributed by atoms with Crippen molar-refractivity contribution in [2.24, 2.45) is 5.92 Å². The van der Waals surface area contributed by atoms with Crippen LogP contribution in [0.1, 0.15) is 23.2 Å². The monoisotopic (exact) mass is 225 g/mol. The minimum atomic E-state index is -1.05. The Morgan fingerprint density at radius 1 is 1.38 bits per heavy atom. The molecule has 1 N–H and O–H groups in total. The van der Waals surface area contributed by atoms with Gasteiger partial charge in [0.2, 0.25) is 0 Å². The molecule has 86 valence electrons. The summed E-state index contributed by atoms with van der Waals surface area (Å²) in [6.07, 6.45) is 2.38. The topological polar surface area (TPSA) is 29.1 Å². The zero-order valence-corrected chi connectivity index (χ0v) is 8.80. The van der Waals surface area contributed by atoms with E-state index < -0.39 is 17.4 Å². The van der Waals surface area contributed by atoms with Gasteiger partial charge in [-0.2, -0.15) is 0 Å². The van der Waals surface area contributed by atoms with E-state index in [0.717, 1.165) is 12.6 Å². The number of hydrogen-bond acceptors (Lipinski definition) is 2. The molecule has 0 aliphatic heterocycles. The highest BCUT2D eigenvalue weighted by molar-refractivity contribution is 5.97. The fourth-order valence-corrected chi connectivity index (χ4v) is 1.53. The molecule has 2 rings (SSSR count). The van der Waals surface area contributed by atoms with Crippen LogP contribution in [0.25, 0.3) is 0 Å². The van der Waals surface area contributed by atoms with E-state index in [0.29, 0.717) is 5.92 Å². The van der Waals surface area contributed by atoms with Gasteiger partial charge in [0, 0.05) is 0 Å². The van der Waals surface area contributed by atoms with Gasteiger partial charge in [0.25, 0.3) is 0 Å². The molecule has 0 saturated heterocycles. The third-order valence-electron chi connectivity index (χ3n) is 2.67. The molecule has 4 heteroatoms. The summed E-state index contributed by atoms with van der Waals surface area (Å²) in [6.45, 7) is 0.847. The second-order valence-electron chi connectivity index (χ2n) is 4.10. The van der Waals surface area contributed by atoms with Crippen molar-refractivity contribution in [3.05, 3.63) is 35.4 Å². The van der Waals surface area contributed by atoms with Crippen molar-refractivity contribution < 1.29 is 13.6 Å². The molecule has 16 heavy (non-hydrogen) atoms. The molecule has 2 nitrogen and oxygen atoms in total. The predicted octanol–water partition coefficient (Wildman–Crippen LogP) is 2.15. The number of carbonyl (C=O) groups excluding carboxylic acids is 1. The standard InChI is InChI=1S/C12H13F2NO/c13-10-3-1-2-9(12(10)14)11(16)7-15-6-8-4-5-8/h1-3,8,15H,4-7H2. The molecule has 0 atom stereocenters. The molecule has 1 aromatic carbocycles. The van der Waals surface area contributed by atoms with Crippen LogP contribution in [0.2, 0.25) is 0 Å². The Morgan fingerprint density at radius 3 is 2.81 bits per heavy atom. The summed E-state index contributed by atoms with van der Waals surface area (Å²) in [5, 5.41) is 2.95. The van der Waals surface area contributed by atoms with Crippen LogP contribution in [-0.2, 0) is 0 Å². The van der Waals surface area contributed by atoms with E-state index >= 15 is 0 Å². The lowest BCUT2D eigenvalue weighted by atomic mass is 10.1. The van der Waals surface area contributed by atoms with Crippen LogP contribution in [0.15, 0.2) is 18.2 Å². The maximum absolute atomic E-state index is 13.2. The molecule has 0 radical (unpaired) electrons. The maximum Gasteiger partial charge on any atom is 0.179 e. The Morgan fingerprint density at radius 2 is 2.12 bits per heavy atom. The summed E-state index contributed by atoms with van der Waals surface area (Å²) >= 11 is 0. The first kappa shape index (κ1) is 11.2. The minimum Gasteiger partial charge on any atom is -0.309 e. The highest BCUT2D eigenvalue weighted by Gasteiger charge is 2.21.